The number of hydrogen-bond donors (Lipinski definition) is 1. The second kappa shape index (κ2) is 6.28. The molecule has 3 nitrogen and oxygen atoms in total. The predicted octanol–water partition coefficient (Wildman–Crippen LogP) is 4.34. The molecule has 0 aliphatic carbocycles. The van der Waals surface area contributed by atoms with Gasteiger partial charge in [0.2, 0.25) is 0 Å². The number of amides is 1. The van der Waals surface area contributed by atoms with Crippen LogP contribution in [0, 0.1) is 0 Å². The monoisotopic (exact) mass is 358 g/mol. The summed E-state index contributed by atoms with van der Waals surface area (Å²) >= 11 is 4.75. The van der Waals surface area contributed by atoms with E-state index in [2.05, 4.69) is 26.2 Å². The number of carbonyl (C=O) groups excluding carboxylic acids is 1. The van der Waals surface area contributed by atoms with Crippen LogP contribution in [0.2, 0.25) is 0 Å². The molecule has 1 heterocycles. The minimum absolute atomic E-state index is 0.113. The van der Waals surface area contributed by atoms with E-state index in [1.54, 1.807) is 0 Å². The molecule has 3 rings (SSSR count). The lowest BCUT2D eigenvalue weighted by Gasteiger charge is -1.96. The first-order chi connectivity index (χ1) is 10.2. The van der Waals surface area contributed by atoms with Crippen LogP contribution in [-0.2, 0) is 4.79 Å². The fourth-order valence-corrected chi connectivity index (χ4v) is 3.07. The van der Waals surface area contributed by atoms with Crippen LogP contribution in [0.1, 0.15) is 5.56 Å². The number of aliphatic imine (C=N–C) groups is 1. The molecule has 0 spiro atoms. The van der Waals surface area contributed by atoms with Crippen LogP contribution in [0.15, 0.2) is 69.0 Å². The van der Waals surface area contributed by atoms with Gasteiger partial charge in [-0.2, -0.15) is 0 Å². The average molecular weight is 359 g/mol. The summed E-state index contributed by atoms with van der Waals surface area (Å²) in [6, 6.07) is 17.4. The summed E-state index contributed by atoms with van der Waals surface area (Å²) in [6.45, 7) is 0. The Labute approximate surface area is 135 Å². The zero-order chi connectivity index (χ0) is 14.7. The molecule has 1 aliphatic rings. The average Bonchev–Trinajstić information content (AvgIpc) is 2.80. The standard InChI is InChI=1S/C16H11BrN2OS/c17-12-7-4-8-13(10-12)18-16-19-15(20)14(21-16)9-11-5-2-1-3-6-11/h1-10H,(H,18,19,20)/b14-9-. The van der Waals surface area contributed by atoms with Crippen LogP contribution in [-0.4, -0.2) is 11.1 Å². The molecule has 0 bridgehead atoms. The van der Waals surface area contributed by atoms with E-state index in [1.807, 2.05) is 60.7 Å². The number of thioether (sulfide) groups is 1. The summed E-state index contributed by atoms with van der Waals surface area (Å²) in [5.41, 5.74) is 1.80. The summed E-state index contributed by atoms with van der Waals surface area (Å²) in [4.78, 5) is 17.0. The van der Waals surface area contributed by atoms with E-state index in [0.29, 0.717) is 10.1 Å². The molecule has 0 saturated carbocycles. The van der Waals surface area contributed by atoms with Crippen molar-refractivity contribution < 1.29 is 4.79 Å². The number of halogens is 1. The van der Waals surface area contributed by atoms with Crippen LogP contribution >= 0.6 is 27.7 Å². The molecule has 1 N–H and O–H groups in total. The molecule has 5 heteroatoms. The van der Waals surface area contributed by atoms with E-state index in [9.17, 15) is 4.79 Å². The van der Waals surface area contributed by atoms with E-state index in [-0.39, 0.29) is 5.91 Å². The summed E-state index contributed by atoms with van der Waals surface area (Å²) in [7, 11) is 0. The van der Waals surface area contributed by atoms with Gasteiger partial charge in [0.15, 0.2) is 5.17 Å². The van der Waals surface area contributed by atoms with Crippen molar-refractivity contribution in [1.82, 2.24) is 5.32 Å². The molecule has 1 fully saturated rings. The van der Waals surface area contributed by atoms with Crippen molar-refractivity contribution in [3.63, 3.8) is 0 Å². The highest BCUT2D eigenvalue weighted by atomic mass is 79.9. The fraction of sp³-hybridized carbons (Fsp3) is 0. The minimum atomic E-state index is -0.113. The molecular formula is C16H11BrN2OS. The first kappa shape index (κ1) is 14.1. The number of benzene rings is 2. The highest BCUT2D eigenvalue weighted by molar-refractivity contribution is 9.10. The molecular weight excluding hydrogens is 348 g/mol. The summed E-state index contributed by atoms with van der Waals surface area (Å²) < 4.78 is 0.957. The van der Waals surface area contributed by atoms with Gasteiger partial charge in [-0.15, -0.1) is 0 Å². The lowest BCUT2D eigenvalue weighted by molar-refractivity contribution is -0.115. The summed E-state index contributed by atoms with van der Waals surface area (Å²) in [5.74, 6) is -0.113. The molecule has 0 unspecified atom stereocenters. The number of amidine groups is 1. The van der Waals surface area contributed by atoms with Gasteiger partial charge >= 0.3 is 0 Å². The van der Waals surface area contributed by atoms with E-state index < -0.39 is 0 Å². The molecule has 2 aromatic carbocycles. The molecule has 1 saturated heterocycles. The first-order valence-corrected chi connectivity index (χ1v) is 7.92. The Morgan fingerprint density at radius 3 is 2.67 bits per heavy atom. The highest BCUT2D eigenvalue weighted by Gasteiger charge is 2.23. The Morgan fingerprint density at radius 1 is 1.10 bits per heavy atom. The molecule has 0 radical (unpaired) electrons. The normalized spacial score (nSPS) is 18.2. The predicted molar refractivity (Wildman–Crippen MR) is 91.4 cm³/mol. The molecule has 1 amide bonds. The highest BCUT2D eigenvalue weighted by Crippen LogP contribution is 2.28. The molecule has 1 aliphatic heterocycles. The number of nitrogens with one attached hydrogen (secondary N) is 1. The maximum absolute atomic E-state index is 12.0. The van der Waals surface area contributed by atoms with E-state index in [4.69, 9.17) is 0 Å². The van der Waals surface area contributed by atoms with Gasteiger partial charge in [0.1, 0.15) is 0 Å². The Morgan fingerprint density at radius 2 is 1.90 bits per heavy atom. The third-order valence-corrected chi connectivity index (χ3v) is 4.19. The van der Waals surface area contributed by atoms with Gasteiger partial charge in [0.05, 0.1) is 10.6 Å². The Hall–Kier alpha value is -1.85. The van der Waals surface area contributed by atoms with Crippen molar-refractivity contribution in [3.05, 3.63) is 69.5 Å². The third kappa shape index (κ3) is 3.62. The van der Waals surface area contributed by atoms with Gasteiger partial charge in [-0.1, -0.05) is 52.3 Å². The lowest BCUT2D eigenvalue weighted by atomic mass is 10.2. The number of carbonyl (C=O) groups is 1. The van der Waals surface area contributed by atoms with Crippen molar-refractivity contribution in [3.8, 4) is 0 Å². The Balaban J connectivity index is 1.83. The van der Waals surface area contributed by atoms with Crippen molar-refractivity contribution >= 4 is 50.5 Å². The van der Waals surface area contributed by atoms with Gasteiger partial charge in [0.25, 0.3) is 5.91 Å². The number of nitrogens with zero attached hydrogens (tertiary/aromatic N) is 1. The SMILES string of the molecule is O=C1NC(=Nc2cccc(Br)c2)S/C1=C\c1ccccc1. The van der Waals surface area contributed by atoms with Crippen LogP contribution in [0.25, 0.3) is 6.08 Å². The maximum Gasteiger partial charge on any atom is 0.264 e. The molecule has 2 aromatic rings. The zero-order valence-electron chi connectivity index (χ0n) is 10.9. The van der Waals surface area contributed by atoms with Crippen LogP contribution in [0.5, 0.6) is 0 Å². The minimum Gasteiger partial charge on any atom is -0.300 e. The van der Waals surface area contributed by atoms with Gasteiger partial charge in [-0.25, -0.2) is 4.99 Å². The van der Waals surface area contributed by atoms with Crippen LogP contribution < -0.4 is 5.32 Å². The molecule has 21 heavy (non-hydrogen) atoms. The van der Waals surface area contributed by atoms with Crippen molar-refractivity contribution in [2.75, 3.05) is 0 Å². The first-order valence-electron chi connectivity index (χ1n) is 6.31. The number of hydrogen-bond acceptors (Lipinski definition) is 3. The van der Waals surface area contributed by atoms with Gasteiger partial charge < -0.3 is 5.32 Å². The molecule has 0 aromatic heterocycles. The number of rotatable bonds is 2. The van der Waals surface area contributed by atoms with E-state index >= 15 is 0 Å². The zero-order valence-corrected chi connectivity index (χ0v) is 13.3. The van der Waals surface area contributed by atoms with Crippen molar-refractivity contribution in [2.24, 2.45) is 4.99 Å². The fourth-order valence-electron chi connectivity index (χ4n) is 1.84. The van der Waals surface area contributed by atoms with Gasteiger partial charge in [-0.3, -0.25) is 4.79 Å². The quantitative estimate of drug-likeness (QED) is 0.811. The summed E-state index contributed by atoms with van der Waals surface area (Å²) in [5, 5.41) is 3.38. The van der Waals surface area contributed by atoms with Gasteiger partial charge in [0, 0.05) is 4.47 Å². The van der Waals surface area contributed by atoms with Gasteiger partial charge in [-0.05, 0) is 41.6 Å². The van der Waals surface area contributed by atoms with Crippen LogP contribution in [0.4, 0.5) is 5.69 Å². The molecule has 0 atom stereocenters. The third-order valence-electron chi connectivity index (χ3n) is 2.79. The molecule has 104 valence electrons. The largest absolute Gasteiger partial charge is 0.300 e. The second-order valence-electron chi connectivity index (χ2n) is 4.37. The second-order valence-corrected chi connectivity index (χ2v) is 6.32. The Kier molecular flexibility index (Phi) is 4.22. The summed E-state index contributed by atoms with van der Waals surface area (Å²) in [6.07, 6.45) is 1.86. The smallest absolute Gasteiger partial charge is 0.264 e. The van der Waals surface area contributed by atoms with E-state index in [1.165, 1.54) is 11.8 Å². The van der Waals surface area contributed by atoms with Crippen LogP contribution in [0.3, 0.4) is 0 Å². The van der Waals surface area contributed by atoms with Crippen molar-refractivity contribution in [2.45, 2.75) is 0 Å². The van der Waals surface area contributed by atoms with E-state index in [0.717, 1.165) is 15.7 Å². The Bertz CT molecular complexity index is 741. The topological polar surface area (TPSA) is 41.5 Å². The maximum atomic E-state index is 12.0. The van der Waals surface area contributed by atoms with Crippen molar-refractivity contribution in [1.29, 1.82) is 0 Å². The lowest BCUT2D eigenvalue weighted by Crippen LogP contribution is -2.19.